The number of hydrogen-bond donors (Lipinski definition) is 0. The van der Waals surface area contributed by atoms with Crippen LogP contribution in [0.3, 0.4) is 0 Å². The maximum atomic E-state index is 11.7. The van der Waals surface area contributed by atoms with Crippen molar-refractivity contribution in [1.82, 2.24) is 0 Å². The molecule has 0 spiro atoms. The molecule has 1 aliphatic heterocycles. The number of hydrogen-bond acceptors (Lipinski definition) is 9. The largest absolute Gasteiger partial charge is 0.463 e. The topological polar surface area (TPSA) is 146 Å². The van der Waals surface area contributed by atoms with E-state index in [0.717, 1.165) is 19.4 Å². The van der Waals surface area contributed by atoms with Gasteiger partial charge in [-0.05, 0) is 11.1 Å². The maximum Gasteiger partial charge on any atom is 0.303 e. The van der Waals surface area contributed by atoms with Gasteiger partial charge in [-0.1, -0.05) is 35.4 Å². The fourth-order valence-corrected chi connectivity index (χ4v) is 2.96. The van der Waals surface area contributed by atoms with Crippen LogP contribution in [0.1, 0.15) is 26.3 Å². The van der Waals surface area contributed by atoms with Gasteiger partial charge in [0.15, 0.2) is 18.5 Å². The van der Waals surface area contributed by atoms with Crippen LogP contribution >= 0.6 is 0 Å². The lowest BCUT2D eigenvalue weighted by molar-refractivity contribution is -0.276. The quantitative estimate of drug-likeness (QED) is 0.204. The molecule has 0 N–H and O–H groups in total. The summed E-state index contributed by atoms with van der Waals surface area (Å²) in [7, 11) is 0. The Balaban J connectivity index is 2.33. The first-order valence-electron chi connectivity index (χ1n) is 9.14. The zero-order valence-corrected chi connectivity index (χ0v) is 16.8. The monoisotopic (exact) mass is 421 g/mol. The molecule has 0 aliphatic carbocycles. The van der Waals surface area contributed by atoms with Gasteiger partial charge in [-0.3, -0.25) is 14.4 Å². The van der Waals surface area contributed by atoms with Gasteiger partial charge in [0.2, 0.25) is 0 Å². The number of azide groups is 1. The number of benzene rings is 1. The van der Waals surface area contributed by atoms with E-state index in [1.54, 1.807) is 0 Å². The Labute approximate surface area is 172 Å². The lowest BCUT2D eigenvalue weighted by atomic mass is 9.96. The molecular formula is C19H23N3O8. The second-order valence-corrected chi connectivity index (χ2v) is 6.49. The number of ether oxygens (including phenoxy) is 5. The third-order valence-corrected chi connectivity index (χ3v) is 4.11. The summed E-state index contributed by atoms with van der Waals surface area (Å²) < 4.78 is 27.2. The van der Waals surface area contributed by atoms with Crippen molar-refractivity contribution in [2.45, 2.75) is 58.0 Å². The van der Waals surface area contributed by atoms with Crippen LogP contribution in [0.5, 0.6) is 0 Å². The molecule has 1 heterocycles. The third-order valence-electron chi connectivity index (χ3n) is 4.11. The standard InChI is InChI=1S/C19H23N3O8/c1-11(23)26-10-15-17(28-12(2)24)18(29-13(3)25)16(21-22-20)19(30-15)27-9-14-7-5-4-6-8-14/h4-8,15-19H,9-10H2,1-3H3/t15-,16-,17-,18-,19?/m1/s1. The predicted molar refractivity (Wildman–Crippen MR) is 101 cm³/mol. The van der Waals surface area contributed by atoms with Gasteiger partial charge in [-0.2, -0.15) is 0 Å². The zero-order chi connectivity index (χ0) is 22.1. The Hall–Kier alpha value is -3.14. The Morgan fingerprint density at radius 2 is 1.67 bits per heavy atom. The van der Waals surface area contributed by atoms with Crippen molar-refractivity contribution < 1.29 is 38.1 Å². The van der Waals surface area contributed by atoms with E-state index in [-0.39, 0.29) is 13.2 Å². The molecule has 11 nitrogen and oxygen atoms in total. The Bertz CT molecular complexity index is 796. The predicted octanol–water partition coefficient (Wildman–Crippen LogP) is 2.03. The van der Waals surface area contributed by atoms with Crippen molar-refractivity contribution in [3.8, 4) is 0 Å². The number of esters is 3. The zero-order valence-electron chi connectivity index (χ0n) is 16.8. The van der Waals surface area contributed by atoms with Gasteiger partial charge >= 0.3 is 17.9 Å². The van der Waals surface area contributed by atoms with Gasteiger partial charge in [0, 0.05) is 25.7 Å². The van der Waals surface area contributed by atoms with Crippen molar-refractivity contribution in [3.63, 3.8) is 0 Å². The van der Waals surface area contributed by atoms with Crippen molar-refractivity contribution in [2.75, 3.05) is 6.61 Å². The summed E-state index contributed by atoms with van der Waals surface area (Å²) in [6.07, 6.45) is -4.57. The SMILES string of the molecule is CC(=O)OC[C@H]1OC(OCc2ccccc2)[C@H](N=[N+]=[N-])[C@@H](OC(C)=O)[C@@H]1OC(C)=O. The molecule has 0 bridgehead atoms. The van der Waals surface area contributed by atoms with E-state index in [1.807, 2.05) is 30.3 Å². The highest BCUT2D eigenvalue weighted by Crippen LogP contribution is 2.30. The molecule has 5 atom stereocenters. The average molecular weight is 421 g/mol. The molecule has 30 heavy (non-hydrogen) atoms. The number of carbonyl (C=O) groups is 3. The molecular weight excluding hydrogens is 398 g/mol. The Morgan fingerprint density at radius 3 is 2.23 bits per heavy atom. The molecule has 1 saturated heterocycles. The molecule has 1 aromatic rings. The van der Waals surface area contributed by atoms with Gasteiger partial charge in [0.1, 0.15) is 18.8 Å². The van der Waals surface area contributed by atoms with Crippen LogP contribution in [0.4, 0.5) is 0 Å². The molecule has 1 unspecified atom stereocenters. The number of rotatable bonds is 8. The van der Waals surface area contributed by atoms with Gasteiger partial charge in [0.05, 0.1) is 6.61 Å². The second-order valence-electron chi connectivity index (χ2n) is 6.49. The molecule has 0 aromatic heterocycles. The van der Waals surface area contributed by atoms with Crippen LogP contribution in [0.25, 0.3) is 10.4 Å². The molecule has 1 fully saturated rings. The van der Waals surface area contributed by atoms with Gasteiger partial charge in [-0.15, -0.1) is 0 Å². The van der Waals surface area contributed by atoms with E-state index in [9.17, 15) is 14.4 Å². The lowest BCUT2D eigenvalue weighted by Crippen LogP contribution is -2.61. The lowest BCUT2D eigenvalue weighted by Gasteiger charge is -2.43. The minimum atomic E-state index is -1.21. The first kappa shape index (κ1) is 23.1. The molecule has 11 heteroatoms. The van der Waals surface area contributed by atoms with Gasteiger partial charge in [-0.25, -0.2) is 0 Å². The summed E-state index contributed by atoms with van der Waals surface area (Å²) in [6, 6.07) is 8.00. The van der Waals surface area contributed by atoms with Crippen molar-refractivity contribution >= 4 is 17.9 Å². The Morgan fingerprint density at radius 1 is 1.03 bits per heavy atom. The van der Waals surface area contributed by atoms with Gasteiger partial charge < -0.3 is 23.7 Å². The smallest absolute Gasteiger partial charge is 0.303 e. The van der Waals surface area contributed by atoms with Crippen LogP contribution in [-0.2, 0) is 44.7 Å². The van der Waals surface area contributed by atoms with Crippen molar-refractivity contribution in [3.05, 3.63) is 46.3 Å². The third kappa shape index (κ3) is 6.73. The Kier molecular flexibility index (Phi) is 8.60. The summed E-state index contributed by atoms with van der Waals surface area (Å²) >= 11 is 0. The number of carbonyl (C=O) groups excluding carboxylic acids is 3. The fourth-order valence-electron chi connectivity index (χ4n) is 2.96. The van der Waals surface area contributed by atoms with Crippen molar-refractivity contribution in [2.24, 2.45) is 5.11 Å². The van der Waals surface area contributed by atoms with E-state index in [4.69, 9.17) is 29.2 Å². The van der Waals surface area contributed by atoms with Crippen LogP contribution in [-0.4, -0.2) is 55.2 Å². The highest BCUT2D eigenvalue weighted by molar-refractivity contribution is 5.68. The van der Waals surface area contributed by atoms with E-state index >= 15 is 0 Å². The highest BCUT2D eigenvalue weighted by Gasteiger charge is 2.50. The first-order chi connectivity index (χ1) is 14.3. The molecule has 1 aliphatic rings. The molecule has 0 saturated carbocycles. The molecule has 0 amide bonds. The summed E-state index contributed by atoms with van der Waals surface area (Å²) in [6.45, 7) is 3.34. The summed E-state index contributed by atoms with van der Waals surface area (Å²) in [5.74, 6) is -1.95. The van der Waals surface area contributed by atoms with Crippen LogP contribution in [0, 0.1) is 0 Å². The first-order valence-corrected chi connectivity index (χ1v) is 9.14. The molecule has 162 valence electrons. The second kappa shape index (κ2) is 11.1. The van der Waals surface area contributed by atoms with E-state index in [2.05, 4.69) is 10.0 Å². The van der Waals surface area contributed by atoms with E-state index in [0.29, 0.717) is 0 Å². The fraction of sp³-hybridized carbons (Fsp3) is 0.526. The highest BCUT2D eigenvalue weighted by atomic mass is 16.7. The summed E-state index contributed by atoms with van der Waals surface area (Å²) in [5, 5.41) is 3.65. The molecule has 0 radical (unpaired) electrons. The minimum absolute atomic E-state index is 0.105. The molecule has 2 rings (SSSR count). The van der Waals surface area contributed by atoms with Crippen LogP contribution in [0.15, 0.2) is 35.4 Å². The maximum absolute atomic E-state index is 11.7. The van der Waals surface area contributed by atoms with E-state index < -0.39 is 48.6 Å². The molecule has 1 aromatic carbocycles. The summed E-state index contributed by atoms with van der Waals surface area (Å²) in [5.41, 5.74) is 9.84. The summed E-state index contributed by atoms with van der Waals surface area (Å²) in [4.78, 5) is 37.4. The van der Waals surface area contributed by atoms with Crippen LogP contribution in [0.2, 0.25) is 0 Å². The van der Waals surface area contributed by atoms with Gasteiger partial charge in [0.25, 0.3) is 0 Å². The van der Waals surface area contributed by atoms with Crippen LogP contribution < -0.4 is 0 Å². The van der Waals surface area contributed by atoms with E-state index in [1.165, 1.54) is 6.92 Å². The average Bonchev–Trinajstić information content (AvgIpc) is 2.68. The normalized spacial score (nSPS) is 25.5. The number of nitrogens with zero attached hydrogens (tertiary/aromatic N) is 3. The van der Waals surface area contributed by atoms with Crippen molar-refractivity contribution in [1.29, 1.82) is 0 Å². The minimum Gasteiger partial charge on any atom is -0.463 e.